The number of benzene rings is 3. The zero-order chi connectivity index (χ0) is 26.1. The second-order valence-electron chi connectivity index (χ2n) is 8.88. The Morgan fingerprint density at radius 3 is 2.33 bits per heavy atom. The molecule has 0 radical (unpaired) electrons. The maximum atomic E-state index is 13.6. The van der Waals surface area contributed by atoms with E-state index in [4.69, 9.17) is 27.9 Å². The molecule has 0 aliphatic carbocycles. The summed E-state index contributed by atoms with van der Waals surface area (Å²) < 4.78 is 5.80. The lowest BCUT2D eigenvalue weighted by atomic mass is 10.0. The van der Waals surface area contributed by atoms with E-state index >= 15 is 0 Å². The minimum atomic E-state index is -0.762. The fourth-order valence-electron chi connectivity index (χ4n) is 3.69. The Kier molecular flexibility index (Phi) is 10.2. The summed E-state index contributed by atoms with van der Waals surface area (Å²) in [5.74, 6) is 0.0471. The first-order valence-electron chi connectivity index (χ1n) is 12.0. The summed E-state index contributed by atoms with van der Waals surface area (Å²) in [5.41, 5.74) is 2.73. The summed E-state index contributed by atoms with van der Waals surface area (Å²) in [6, 6.07) is 21.5. The highest BCUT2D eigenvalue weighted by Crippen LogP contribution is 2.24. The zero-order valence-corrected chi connectivity index (χ0v) is 22.4. The van der Waals surface area contributed by atoms with Gasteiger partial charge in [0.2, 0.25) is 5.91 Å². The molecule has 2 amide bonds. The molecule has 0 spiro atoms. The Bertz CT molecular complexity index is 1150. The predicted molar refractivity (Wildman–Crippen MR) is 146 cm³/mol. The van der Waals surface area contributed by atoms with Crippen molar-refractivity contribution in [2.24, 2.45) is 0 Å². The van der Waals surface area contributed by atoms with Crippen molar-refractivity contribution in [1.29, 1.82) is 0 Å². The van der Waals surface area contributed by atoms with Crippen LogP contribution >= 0.6 is 23.2 Å². The molecule has 0 saturated heterocycles. The van der Waals surface area contributed by atoms with Gasteiger partial charge in [-0.2, -0.15) is 0 Å². The standard InChI is InChI=1S/C29H32Cl2N2O3/c1-4-21(3)32-29(35)27(16-22-8-6-5-7-9-22)33(18-23-12-13-24(30)17-26(23)31)28(34)19-36-25-14-10-20(2)11-15-25/h5-15,17,21,27H,4,16,18-19H2,1-3H3,(H,32,35)/t21-,27-/m0/s1. The Morgan fingerprint density at radius 1 is 1.00 bits per heavy atom. The molecule has 0 fully saturated rings. The third-order valence-corrected chi connectivity index (χ3v) is 6.60. The lowest BCUT2D eigenvalue weighted by molar-refractivity contribution is -0.143. The molecule has 3 aromatic carbocycles. The van der Waals surface area contributed by atoms with E-state index in [9.17, 15) is 9.59 Å². The first kappa shape index (κ1) is 27.6. The van der Waals surface area contributed by atoms with Crippen molar-refractivity contribution < 1.29 is 14.3 Å². The lowest BCUT2D eigenvalue weighted by Gasteiger charge is -2.32. The molecule has 7 heteroatoms. The Balaban J connectivity index is 1.93. The number of hydrogen-bond acceptors (Lipinski definition) is 3. The van der Waals surface area contributed by atoms with Crippen molar-refractivity contribution in [3.8, 4) is 5.75 Å². The average Bonchev–Trinajstić information content (AvgIpc) is 2.87. The minimum Gasteiger partial charge on any atom is -0.484 e. The van der Waals surface area contributed by atoms with Crippen molar-refractivity contribution >= 4 is 35.0 Å². The molecule has 0 saturated carbocycles. The number of nitrogens with zero attached hydrogens (tertiary/aromatic N) is 1. The number of hydrogen-bond donors (Lipinski definition) is 1. The third kappa shape index (κ3) is 8.00. The van der Waals surface area contributed by atoms with Gasteiger partial charge in [-0.15, -0.1) is 0 Å². The van der Waals surface area contributed by atoms with Crippen LogP contribution in [0.25, 0.3) is 0 Å². The molecule has 0 heterocycles. The van der Waals surface area contributed by atoms with Crippen LogP contribution in [0.4, 0.5) is 0 Å². The quantitative estimate of drug-likeness (QED) is 0.322. The van der Waals surface area contributed by atoms with Gasteiger partial charge in [0.05, 0.1) is 0 Å². The molecule has 3 rings (SSSR count). The molecule has 3 aromatic rings. The Hall–Kier alpha value is -3.02. The largest absolute Gasteiger partial charge is 0.484 e. The van der Waals surface area contributed by atoms with Gasteiger partial charge in [0.1, 0.15) is 11.8 Å². The highest BCUT2D eigenvalue weighted by atomic mass is 35.5. The van der Waals surface area contributed by atoms with Crippen LogP contribution in [0.5, 0.6) is 5.75 Å². The van der Waals surface area contributed by atoms with E-state index in [-0.39, 0.29) is 31.0 Å². The van der Waals surface area contributed by atoms with E-state index in [1.165, 1.54) is 0 Å². The van der Waals surface area contributed by atoms with Gasteiger partial charge in [-0.1, -0.05) is 84.2 Å². The number of rotatable bonds is 11. The minimum absolute atomic E-state index is 0.0318. The molecular formula is C29H32Cl2N2O3. The van der Waals surface area contributed by atoms with E-state index in [1.54, 1.807) is 23.1 Å². The summed E-state index contributed by atoms with van der Waals surface area (Å²) in [6.07, 6.45) is 1.13. The van der Waals surface area contributed by atoms with E-state index in [0.29, 0.717) is 27.8 Å². The number of halogens is 2. The SMILES string of the molecule is CC[C@H](C)NC(=O)[C@H](Cc1ccccc1)N(Cc1ccc(Cl)cc1Cl)C(=O)COc1ccc(C)cc1. The van der Waals surface area contributed by atoms with Gasteiger partial charge in [0.25, 0.3) is 5.91 Å². The van der Waals surface area contributed by atoms with Crippen molar-refractivity contribution in [1.82, 2.24) is 10.2 Å². The van der Waals surface area contributed by atoms with Crippen LogP contribution in [0.15, 0.2) is 72.8 Å². The van der Waals surface area contributed by atoms with Crippen LogP contribution in [-0.2, 0) is 22.6 Å². The first-order valence-corrected chi connectivity index (χ1v) is 12.8. The maximum absolute atomic E-state index is 13.6. The number of nitrogens with one attached hydrogen (secondary N) is 1. The molecule has 190 valence electrons. The molecule has 2 atom stereocenters. The predicted octanol–water partition coefficient (Wildman–Crippen LogP) is 6.24. The molecule has 1 N–H and O–H groups in total. The molecule has 0 unspecified atom stereocenters. The summed E-state index contributed by atoms with van der Waals surface area (Å²) in [6.45, 7) is 5.85. The number of ether oxygens (including phenoxy) is 1. The maximum Gasteiger partial charge on any atom is 0.261 e. The van der Waals surface area contributed by atoms with Gasteiger partial charge < -0.3 is 15.0 Å². The summed E-state index contributed by atoms with van der Waals surface area (Å²) >= 11 is 12.6. The lowest BCUT2D eigenvalue weighted by Crippen LogP contribution is -2.53. The van der Waals surface area contributed by atoms with E-state index < -0.39 is 6.04 Å². The smallest absolute Gasteiger partial charge is 0.261 e. The molecule has 0 aromatic heterocycles. The summed E-state index contributed by atoms with van der Waals surface area (Å²) in [7, 11) is 0. The van der Waals surface area contributed by atoms with Crippen LogP contribution in [0.2, 0.25) is 10.0 Å². The molecule has 0 bridgehead atoms. The number of aryl methyl sites for hydroxylation is 1. The van der Waals surface area contributed by atoms with Gasteiger partial charge >= 0.3 is 0 Å². The number of carbonyl (C=O) groups excluding carboxylic acids is 2. The van der Waals surface area contributed by atoms with Crippen LogP contribution in [-0.4, -0.2) is 35.4 Å². The molecular weight excluding hydrogens is 495 g/mol. The van der Waals surface area contributed by atoms with Gasteiger partial charge in [0, 0.05) is 29.1 Å². The Labute approximate surface area is 223 Å². The summed E-state index contributed by atoms with van der Waals surface area (Å²) in [5, 5.41) is 3.98. The second kappa shape index (κ2) is 13.3. The van der Waals surface area contributed by atoms with E-state index in [0.717, 1.165) is 17.5 Å². The van der Waals surface area contributed by atoms with Crippen molar-refractivity contribution in [3.63, 3.8) is 0 Å². The Morgan fingerprint density at radius 2 is 1.69 bits per heavy atom. The van der Waals surface area contributed by atoms with Gasteiger partial charge in [-0.05, 0) is 55.7 Å². The van der Waals surface area contributed by atoms with Crippen molar-refractivity contribution in [3.05, 3.63) is 99.5 Å². The van der Waals surface area contributed by atoms with E-state index in [1.807, 2.05) is 75.4 Å². The van der Waals surface area contributed by atoms with Crippen LogP contribution < -0.4 is 10.1 Å². The molecule has 0 aliphatic heterocycles. The normalized spacial score (nSPS) is 12.5. The topological polar surface area (TPSA) is 58.6 Å². The monoisotopic (exact) mass is 526 g/mol. The van der Waals surface area contributed by atoms with Crippen molar-refractivity contribution in [2.45, 2.75) is 52.2 Å². The molecule has 36 heavy (non-hydrogen) atoms. The highest BCUT2D eigenvalue weighted by Gasteiger charge is 2.31. The second-order valence-corrected chi connectivity index (χ2v) is 9.73. The van der Waals surface area contributed by atoms with Gasteiger partial charge in [-0.25, -0.2) is 0 Å². The number of amides is 2. The first-order chi connectivity index (χ1) is 17.3. The van der Waals surface area contributed by atoms with E-state index in [2.05, 4.69) is 5.32 Å². The highest BCUT2D eigenvalue weighted by molar-refractivity contribution is 6.35. The van der Waals surface area contributed by atoms with Gasteiger partial charge in [0.15, 0.2) is 6.61 Å². The fraction of sp³-hybridized carbons (Fsp3) is 0.310. The van der Waals surface area contributed by atoms with Crippen LogP contribution in [0.1, 0.15) is 37.0 Å². The molecule has 0 aliphatic rings. The van der Waals surface area contributed by atoms with Crippen molar-refractivity contribution in [2.75, 3.05) is 6.61 Å². The van der Waals surface area contributed by atoms with Crippen LogP contribution in [0, 0.1) is 6.92 Å². The summed E-state index contributed by atoms with van der Waals surface area (Å²) in [4.78, 5) is 28.7. The number of carbonyl (C=O) groups is 2. The average molecular weight is 527 g/mol. The van der Waals surface area contributed by atoms with Gasteiger partial charge in [-0.3, -0.25) is 9.59 Å². The fourth-order valence-corrected chi connectivity index (χ4v) is 4.16. The molecule has 5 nitrogen and oxygen atoms in total. The third-order valence-electron chi connectivity index (χ3n) is 6.01. The zero-order valence-electron chi connectivity index (χ0n) is 20.8. The van der Waals surface area contributed by atoms with Crippen LogP contribution in [0.3, 0.4) is 0 Å².